The fourth-order valence-corrected chi connectivity index (χ4v) is 2.34. The van der Waals surface area contributed by atoms with Crippen molar-refractivity contribution in [3.8, 4) is 0 Å². The number of carbonyl (C=O) groups excluding carboxylic acids is 1. The van der Waals surface area contributed by atoms with Crippen LogP contribution in [0.15, 0.2) is 40.9 Å². The van der Waals surface area contributed by atoms with Gasteiger partial charge < -0.3 is 10.6 Å². The van der Waals surface area contributed by atoms with E-state index in [-0.39, 0.29) is 5.91 Å². The molecule has 0 radical (unpaired) electrons. The van der Waals surface area contributed by atoms with E-state index in [2.05, 4.69) is 26.6 Å². The monoisotopic (exact) mass is 352 g/mol. The van der Waals surface area contributed by atoms with Crippen LogP contribution in [0.5, 0.6) is 0 Å². The quantitative estimate of drug-likeness (QED) is 0.839. The van der Waals surface area contributed by atoms with Gasteiger partial charge >= 0.3 is 0 Å². The molecule has 3 nitrogen and oxygen atoms in total. The predicted molar refractivity (Wildman–Crippen MR) is 87.8 cm³/mol. The van der Waals surface area contributed by atoms with Gasteiger partial charge in [0, 0.05) is 28.5 Å². The highest BCUT2D eigenvalue weighted by atomic mass is 79.9. The Kier molecular flexibility index (Phi) is 4.68. The van der Waals surface area contributed by atoms with Gasteiger partial charge in [0.05, 0.1) is 5.02 Å². The molecule has 20 heavy (non-hydrogen) atoms. The number of amides is 1. The molecule has 5 heteroatoms. The van der Waals surface area contributed by atoms with Gasteiger partial charge in [-0.05, 0) is 64.8 Å². The van der Waals surface area contributed by atoms with Crippen LogP contribution in [-0.2, 0) is 0 Å². The number of anilines is 2. The third-order valence-electron chi connectivity index (χ3n) is 2.94. The van der Waals surface area contributed by atoms with Crippen LogP contribution in [0.25, 0.3) is 0 Å². The maximum absolute atomic E-state index is 12.3. The Balaban J connectivity index is 2.21. The Bertz CT molecular complexity index is 658. The summed E-state index contributed by atoms with van der Waals surface area (Å²) in [5.74, 6) is -0.139. The highest BCUT2D eigenvalue weighted by Crippen LogP contribution is 2.26. The summed E-state index contributed by atoms with van der Waals surface area (Å²) in [5, 5.41) is 6.51. The zero-order chi connectivity index (χ0) is 14.7. The average Bonchev–Trinajstić information content (AvgIpc) is 2.42. The second-order valence-corrected chi connectivity index (χ2v) is 5.62. The van der Waals surface area contributed by atoms with Crippen molar-refractivity contribution >= 4 is 44.8 Å². The van der Waals surface area contributed by atoms with Gasteiger partial charge in [-0.3, -0.25) is 4.79 Å². The molecule has 0 bridgehead atoms. The van der Waals surface area contributed by atoms with Crippen LogP contribution in [0.1, 0.15) is 15.9 Å². The summed E-state index contributed by atoms with van der Waals surface area (Å²) in [6, 6.07) is 10.9. The lowest BCUT2D eigenvalue weighted by Crippen LogP contribution is -2.13. The van der Waals surface area contributed by atoms with Crippen LogP contribution in [0, 0.1) is 6.92 Å². The first-order valence-electron chi connectivity index (χ1n) is 6.06. The molecule has 0 unspecified atom stereocenters. The first-order chi connectivity index (χ1) is 9.51. The van der Waals surface area contributed by atoms with Crippen molar-refractivity contribution in [3.63, 3.8) is 0 Å². The first-order valence-corrected chi connectivity index (χ1v) is 7.23. The lowest BCUT2D eigenvalue weighted by Gasteiger charge is -2.10. The molecule has 2 aromatic carbocycles. The van der Waals surface area contributed by atoms with E-state index in [0.717, 1.165) is 15.7 Å². The molecule has 0 fully saturated rings. The predicted octanol–water partition coefficient (Wildman–Crippen LogP) is 4.70. The lowest BCUT2D eigenvalue weighted by atomic mass is 10.1. The van der Waals surface area contributed by atoms with E-state index in [0.29, 0.717) is 16.3 Å². The minimum atomic E-state index is -0.139. The molecule has 1 amide bonds. The molecule has 0 saturated heterocycles. The molecule has 0 aliphatic carbocycles. The second-order valence-electron chi connectivity index (χ2n) is 4.36. The van der Waals surface area contributed by atoms with E-state index in [1.165, 1.54) is 0 Å². The maximum Gasteiger partial charge on any atom is 0.255 e. The molecule has 2 N–H and O–H groups in total. The maximum atomic E-state index is 12.3. The lowest BCUT2D eigenvalue weighted by molar-refractivity contribution is 0.102. The zero-order valence-electron chi connectivity index (χ0n) is 11.1. The third-order valence-corrected chi connectivity index (χ3v) is 4.15. The van der Waals surface area contributed by atoms with Crippen LogP contribution in [0.4, 0.5) is 11.4 Å². The molecule has 104 valence electrons. The van der Waals surface area contributed by atoms with Crippen LogP contribution in [0.3, 0.4) is 0 Å². The number of benzene rings is 2. The summed E-state index contributed by atoms with van der Waals surface area (Å²) in [7, 11) is 1.85. The summed E-state index contributed by atoms with van der Waals surface area (Å²) >= 11 is 9.26. The number of nitrogens with one attached hydrogen (secondary N) is 2. The van der Waals surface area contributed by atoms with Gasteiger partial charge in [-0.1, -0.05) is 11.6 Å². The van der Waals surface area contributed by atoms with Crippen molar-refractivity contribution in [2.45, 2.75) is 6.92 Å². The number of halogens is 2. The van der Waals surface area contributed by atoms with Gasteiger partial charge in [-0.25, -0.2) is 0 Å². The molecule has 0 atom stereocenters. The summed E-state index contributed by atoms with van der Waals surface area (Å²) in [5.41, 5.74) is 3.24. The van der Waals surface area contributed by atoms with Crippen LogP contribution in [0.2, 0.25) is 5.02 Å². The Morgan fingerprint density at radius 3 is 2.45 bits per heavy atom. The number of hydrogen-bond acceptors (Lipinski definition) is 2. The van der Waals surface area contributed by atoms with E-state index in [1.54, 1.807) is 18.2 Å². The summed E-state index contributed by atoms with van der Waals surface area (Å²) in [4.78, 5) is 12.3. The Hall–Kier alpha value is -1.52. The standard InChI is InChI=1S/C15H14BrClN2O/c1-9-7-10(18-2)3-5-12(9)15(20)19-11-4-6-14(17)13(16)8-11/h3-8,18H,1-2H3,(H,19,20). The number of aryl methyl sites for hydroxylation is 1. The van der Waals surface area contributed by atoms with Gasteiger partial charge in [-0.2, -0.15) is 0 Å². The first kappa shape index (κ1) is 14.9. The van der Waals surface area contributed by atoms with Gasteiger partial charge in [0.15, 0.2) is 0 Å². The average molecular weight is 354 g/mol. The number of carbonyl (C=O) groups is 1. The van der Waals surface area contributed by atoms with E-state index in [9.17, 15) is 4.79 Å². The van der Waals surface area contributed by atoms with Crippen molar-refractivity contribution in [2.24, 2.45) is 0 Å². The highest BCUT2D eigenvalue weighted by Gasteiger charge is 2.10. The highest BCUT2D eigenvalue weighted by molar-refractivity contribution is 9.10. The molecule has 0 aliphatic rings. The molecule has 2 aromatic rings. The molecular formula is C15H14BrClN2O. The third kappa shape index (κ3) is 3.32. The van der Waals surface area contributed by atoms with Crippen molar-refractivity contribution in [3.05, 3.63) is 57.0 Å². The Morgan fingerprint density at radius 2 is 1.85 bits per heavy atom. The van der Waals surface area contributed by atoms with Gasteiger partial charge in [0.2, 0.25) is 0 Å². The van der Waals surface area contributed by atoms with Crippen molar-refractivity contribution in [1.29, 1.82) is 0 Å². The molecule has 2 rings (SSSR count). The normalized spacial score (nSPS) is 10.2. The second kappa shape index (κ2) is 6.29. The molecule has 0 aromatic heterocycles. The minimum Gasteiger partial charge on any atom is -0.388 e. The van der Waals surface area contributed by atoms with Gasteiger partial charge in [0.25, 0.3) is 5.91 Å². The number of hydrogen-bond donors (Lipinski definition) is 2. The van der Waals surface area contributed by atoms with Crippen molar-refractivity contribution in [2.75, 3.05) is 17.7 Å². The van der Waals surface area contributed by atoms with E-state index < -0.39 is 0 Å². The topological polar surface area (TPSA) is 41.1 Å². The van der Waals surface area contributed by atoms with Gasteiger partial charge in [0.1, 0.15) is 0 Å². The fourth-order valence-electron chi connectivity index (χ4n) is 1.85. The van der Waals surface area contributed by atoms with Gasteiger partial charge in [-0.15, -0.1) is 0 Å². The molecule has 0 saturated carbocycles. The van der Waals surface area contributed by atoms with E-state index in [4.69, 9.17) is 11.6 Å². The summed E-state index contributed by atoms with van der Waals surface area (Å²) in [6.45, 7) is 1.91. The fraction of sp³-hybridized carbons (Fsp3) is 0.133. The number of rotatable bonds is 3. The Labute approximate surface area is 131 Å². The SMILES string of the molecule is CNc1ccc(C(=O)Nc2ccc(Cl)c(Br)c2)c(C)c1. The Morgan fingerprint density at radius 1 is 1.15 bits per heavy atom. The smallest absolute Gasteiger partial charge is 0.255 e. The van der Waals surface area contributed by atoms with Crippen molar-refractivity contribution < 1.29 is 4.79 Å². The minimum absolute atomic E-state index is 0.139. The van der Waals surface area contributed by atoms with Crippen LogP contribution < -0.4 is 10.6 Å². The largest absolute Gasteiger partial charge is 0.388 e. The molecule has 0 heterocycles. The van der Waals surface area contributed by atoms with E-state index >= 15 is 0 Å². The van der Waals surface area contributed by atoms with Crippen molar-refractivity contribution in [1.82, 2.24) is 0 Å². The molecular weight excluding hydrogens is 340 g/mol. The van der Waals surface area contributed by atoms with E-state index in [1.807, 2.05) is 32.2 Å². The molecule has 0 spiro atoms. The van der Waals surface area contributed by atoms with Crippen LogP contribution >= 0.6 is 27.5 Å². The summed E-state index contributed by atoms with van der Waals surface area (Å²) in [6.07, 6.45) is 0. The zero-order valence-corrected chi connectivity index (χ0v) is 13.5. The molecule has 0 aliphatic heterocycles. The van der Waals surface area contributed by atoms with Crippen LogP contribution in [-0.4, -0.2) is 13.0 Å². The summed E-state index contributed by atoms with van der Waals surface area (Å²) < 4.78 is 0.749.